The SMILES string of the molecule is CCCC(OC(CCC)C(C)(C)S(N)(=O)=O)C(C)(CC)C(CC)S(N)(=O)=O. The topological polar surface area (TPSA) is 130 Å². The van der Waals surface area contributed by atoms with Crippen LogP contribution in [0.2, 0.25) is 0 Å². The van der Waals surface area contributed by atoms with E-state index in [-0.39, 0.29) is 0 Å². The van der Waals surface area contributed by atoms with Crippen LogP contribution in [0.25, 0.3) is 0 Å². The summed E-state index contributed by atoms with van der Waals surface area (Å²) in [6, 6.07) is 0. The third-order valence-corrected chi connectivity index (χ3v) is 9.33. The molecule has 7 nitrogen and oxygen atoms in total. The molecule has 0 saturated heterocycles. The highest BCUT2D eigenvalue weighted by atomic mass is 32.2. The van der Waals surface area contributed by atoms with Crippen molar-refractivity contribution in [2.75, 3.05) is 0 Å². The molecule has 0 bridgehead atoms. The van der Waals surface area contributed by atoms with Crippen LogP contribution in [0.5, 0.6) is 0 Å². The lowest BCUT2D eigenvalue weighted by Gasteiger charge is -2.45. The molecule has 0 fully saturated rings. The smallest absolute Gasteiger partial charge is 0.216 e. The molecule has 4 atom stereocenters. The summed E-state index contributed by atoms with van der Waals surface area (Å²) < 4.78 is 53.9. The van der Waals surface area contributed by atoms with E-state index in [1.54, 1.807) is 20.8 Å². The fraction of sp³-hybridized carbons (Fsp3) is 1.00. The molecule has 0 saturated carbocycles. The van der Waals surface area contributed by atoms with Gasteiger partial charge in [0.05, 0.1) is 17.5 Å². The molecular formula is C18H40N2O5S2. The maximum absolute atomic E-state index is 12.3. The van der Waals surface area contributed by atoms with Gasteiger partial charge in [-0.3, -0.25) is 0 Å². The first-order valence-electron chi connectivity index (χ1n) is 9.82. The second kappa shape index (κ2) is 10.0. The van der Waals surface area contributed by atoms with Crippen molar-refractivity contribution in [3.05, 3.63) is 0 Å². The second-order valence-corrected chi connectivity index (χ2v) is 12.1. The van der Waals surface area contributed by atoms with Gasteiger partial charge in [-0.15, -0.1) is 0 Å². The molecule has 164 valence electrons. The van der Waals surface area contributed by atoms with Gasteiger partial charge in [-0.05, 0) is 39.5 Å². The highest BCUT2D eigenvalue weighted by molar-refractivity contribution is 7.90. The summed E-state index contributed by atoms with van der Waals surface area (Å²) in [6.07, 6.45) is 2.43. The molecule has 0 spiro atoms. The van der Waals surface area contributed by atoms with E-state index in [2.05, 4.69) is 0 Å². The molecule has 4 N–H and O–H groups in total. The monoisotopic (exact) mass is 428 g/mol. The van der Waals surface area contributed by atoms with E-state index >= 15 is 0 Å². The zero-order valence-electron chi connectivity index (χ0n) is 18.0. The van der Waals surface area contributed by atoms with Crippen LogP contribution in [0.4, 0.5) is 0 Å². The molecule has 27 heavy (non-hydrogen) atoms. The van der Waals surface area contributed by atoms with Crippen molar-refractivity contribution in [1.82, 2.24) is 0 Å². The van der Waals surface area contributed by atoms with Gasteiger partial charge in [0.1, 0.15) is 4.75 Å². The van der Waals surface area contributed by atoms with Crippen LogP contribution in [0.15, 0.2) is 0 Å². The molecule has 0 aliphatic carbocycles. The largest absolute Gasteiger partial charge is 0.373 e. The van der Waals surface area contributed by atoms with Gasteiger partial charge in [-0.25, -0.2) is 27.1 Å². The molecule has 0 aromatic heterocycles. The van der Waals surface area contributed by atoms with Crippen LogP contribution in [0.3, 0.4) is 0 Å². The van der Waals surface area contributed by atoms with E-state index in [1.165, 1.54) is 0 Å². The lowest BCUT2D eigenvalue weighted by atomic mass is 9.75. The van der Waals surface area contributed by atoms with E-state index in [4.69, 9.17) is 15.0 Å². The highest BCUT2D eigenvalue weighted by Gasteiger charge is 2.48. The van der Waals surface area contributed by atoms with Crippen molar-refractivity contribution >= 4 is 20.0 Å². The van der Waals surface area contributed by atoms with E-state index in [9.17, 15) is 16.8 Å². The Labute approximate surface area is 166 Å². The van der Waals surface area contributed by atoms with E-state index < -0.39 is 47.7 Å². The summed E-state index contributed by atoms with van der Waals surface area (Å²) in [5, 5.41) is 10.2. The number of hydrogen-bond donors (Lipinski definition) is 2. The van der Waals surface area contributed by atoms with E-state index in [0.717, 1.165) is 12.8 Å². The summed E-state index contributed by atoms with van der Waals surface area (Å²) in [5.41, 5.74) is -0.737. The number of primary sulfonamides is 2. The number of hydrogen-bond acceptors (Lipinski definition) is 5. The molecule has 0 amide bonds. The Morgan fingerprint density at radius 2 is 1.30 bits per heavy atom. The van der Waals surface area contributed by atoms with Crippen molar-refractivity contribution in [1.29, 1.82) is 0 Å². The maximum Gasteiger partial charge on any atom is 0.216 e. The minimum atomic E-state index is -3.86. The quantitative estimate of drug-likeness (QED) is 0.466. The van der Waals surface area contributed by atoms with Crippen molar-refractivity contribution in [3.63, 3.8) is 0 Å². The molecule has 4 unspecified atom stereocenters. The first-order valence-corrected chi connectivity index (χ1v) is 13.0. The maximum atomic E-state index is 12.3. The van der Waals surface area contributed by atoms with E-state index in [0.29, 0.717) is 25.7 Å². The molecule has 0 heterocycles. The summed E-state index contributed by atoms with van der Waals surface area (Å²) in [5.74, 6) is 0. The predicted molar refractivity (Wildman–Crippen MR) is 111 cm³/mol. The van der Waals surface area contributed by atoms with Crippen LogP contribution in [0.1, 0.15) is 87.0 Å². The number of rotatable bonds is 13. The van der Waals surface area contributed by atoms with Crippen molar-refractivity contribution in [3.8, 4) is 0 Å². The first kappa shape index (κ1) is 26.8. The third-order valence-electron chi connectivity index (χ3n) is 5.94. The summed E-state index contributed by atoms with van der Waals surface area (Å²) in [6.45, 7) is 12.6. The van der Waals surface area contributed by atoms with Gasteiger partial charge in [-0.1, -0.05) is 47.5 Å². The summed E-state index contributed by atoms with van der Waals surface area (Å²) in [7, 11) is -7.64. The molecule has 0 rings (SSSR count). The Bertz CT molecular complexity index is 661. The molecule has 0 aliphatic rings. The number of nitrogens with two attached hydrogens (primary N) is 2. The molecule has 0 radical (unpaired) electrons. The minimum Gasteiger partial charge on any atom is -0.373 e. The van der Waals surface area contributed by atoms with Gasteiger partial charge in [0.15, 0.2) is 0 Å². The van der Waals surface area contributed by atoms with Gasteiger partial charge in [-0.2, -0.15) is 0 Å². The van der Waals surface area contributed by atoms with Gasteiger partial charge < -0.3 is 4.74 Å². The van der Waals surface area contributed by atoms with E-state index in [1.807, 2.05) is 27.7 Å². The Hall–Kier alpha value is -0.220. The van der Waals surface area contributed by atoms with Crippen molar-refractivity contribution in [2.45, 2.75) is 109 Å². The summed E-state index contributed by atoms with van der Waals surface area (Å²) in [4.78, 5) is 0. The van der Waals surface area contributed by atoms with Crippen molar-refractivity contribution in [2.24, 2.45) is 15.7 Å². The first-order chi connectivity index (χ1) is 12.1. The Balaban J connectivity index is 6.18. The fourth-order valence-electron chi connectivity index (χ4n) is 3.78. The van der Waals surface area contributed by atoms with Gasteiger partial charge in [0.2, 0.25) is 20.0 Å². The lowest BCUT2D eigenvalue weighted by molar-refractivity contribution is -0.0983. The van der Waals surface area contributed by atoms with Gasteiger partial charge >= 0.3 is 0 Å². The van der Waals surface area contributed by atoms with Crippen molar-refractivity contribution < 1.29 is 21.6 Å². The Morgan fingerprint density at radius 3 is 1.59 bits per heavy atom. The average Bonchev–Trinajstić information content (AvgIpc) is 2.51. The Kier molecular flexibility index (Phi) is 9.92. The minimum absolute atomic E-state index is 0.365. The summed E-state index contributed by atoms with van der Waals surface area (Å²) >= 11 is 0. The Morgan fingerprint density at radius 1 is 0.852 bits per heavy atom. The normalized spacial score (nSPS) is 19.3. The van der Waals surface area contributed by atoms with Crippen LogP contribution in [0, 0.1) is 5.41 Å². The standard InChI is InChI=1S/C18H40N2O5S2/c1-8-12-14(17(5,6)27(20,23)24)25-15(13-9-2)18(7,11-4)16(10-3)26(19,21)22/h14-16H,8-13H2,1-7H3,(H2,19,21,22)(H2,20,23,24). The molecule has 0 aromatic rings. The van der Waals surface area contributed by atoms with Crippen LogP contribution >= 0.6 is 0 Å². The molecule has 0 aliphatic heterocycles. The molecule has 0 aromatic carbocycles. The lowest BCUT2D eigenvalue weighted by Crippen LogP contribution is -2.55. The highest BCUT2D eigenvalue weighted by Crippen LogP contribution is 2.41. The number of sulfonamides is 2. The third kappa shape index (κ3) is 6.39. The van der Waals surface area contributed by atoms with Crippen LogP contribution < -0.4 is 10.3 Å². The predicted octanol–water partition coefficient (Wildman–Crippen LogP) is 2.89. The average molecular weight is 429 g/mol. The second-order valence-electron chi connectivity index (χ2n) is 8.18. The van der Waals surface area contributed by atoms with Gasteiger partial charge in [0.25, 0.3) is 0 Å². The fourth-order valence-corrected chi connectivity index (χ4v) is 5.85. The molecule has 9 heteroatoms. The zero-order valence-corrected chi connectivity index (χ0v) is 19.6. The van der Waals surface area contributed by atoms with Gasteiger partial charge in [0, 0.05) is 5.41 Å². The zero-order chi connectivity index (χ0) is 21.7. The van der Waals surface area contributed by atoms with Crippen LogP contribution in [-0.4, -0.2) is 39.0 Å². The molecular weight excluding hydrogens is 388 g/mol. The van der Waals surface area contributed by atoms with Crippen LogP contribution in [-0.2, 0) is 24.8 Å². The number of ether oxygens (including phenoxy) is 1.